The standard InChI is InChI=1S/C31H27N3O6/c1-19-29-25(20(18-35)17-32-19)16-26(30(36)34-27-14-13-24(37-2)15-28(27)38-3)31(40-29)33-21-9-11-23(12-10-21)39-22-7-5-4-6-8-22/h4-17,35H,18H2,1-3H3,(H,34,36). The molecule has 0 atom stereocenters. The number of hydrogen-bond acceptors (Lipinski definition) is 8. The van der Waals surface area contributed by atoms with Crippen LogP contribution in [0.2, 0.25) is 0 Å². The van der Waals surface area contributed by atoms with Crippen LogP contribution in [0.3, 0.4) is 0 Å². The Morgan fingerprint density at radius 3 is 2.38 bits per heavy atom. The van der Waals surface area contributed by atoms with Gasteiger partial charge in [-0.05, 0) is 61.5 Å². The van der Waals surface area contributed by atoms with Crippen molar-refractivity contribution >= 4 is 28.3 Å². The van der Waals surface area contributed by atoms with Crippen molar-refractivity contribution in [2.75, 3.05) is 19.5 Å². The number of carbonyl (C=O) groups excluding carboxylic acids is 1. The molecule has 2 heterocycles. The lowest BCUT2D eigenvalue weighted by Gasteiger charge is -2.13. The number of fused-ring (bicyclic) bond motifs is 1. The summed E-state index contributed by atoms with van der Waals surface area (Å²) in [5.41, 5.74) is 2.77. The Balaban J connectivity index is 1.58. The molecule has 3 aromatic carbocycles. The average molecular weight is 538 g/mol. The molecule has 0 bridgehead atoms. The van der Waals surface area contributed by atoms with E-state index < -0.39 is 5.91 Å². The Labute approximate surface area is 230 Å². The lowest BCUT2D eigenvalue weighted by atomic mass is 10.1. The number of para-hydroxylation sites is 1. The van der Waals surface area contributed by atoms with Gasteiger partial charge >= 0.3 is 0 Å². The number of rotatable bonds is 8. The fourth-order valence-electron chi connectivity index (χ4n) is 4.08. The van der Waals surface area contributed by atoms with Crippen LogP contribution in [0.25, 0.3) is 11.0 Å². The summed E-state index contributed by atoms with van der Waals surface area (Å²) in [6, 6.07) is 23.3. The Morgan fingerprint density at radius 2 is 1.68 bits per heavy atom. The number of methoxy groups -OCH3 is 2. The molecule has 0 saturated carbocycles. The highest BCUT2D eigenvalue weighted by Crippen LogP contribution is 2.30. The fourth-order valence-corrected chi connectivity index (χ4v) is 4.08. The highest BCUT2D eigenvalue weighted by atomic mass is 16.5. The van der Waals surface area contributed by atoms with E-state index >= 15 is 0 Å². The van der Waals surface area contributed by atoms with Crippen LogP contribution in [0.15, 0.2) is 94.5 Å². The minimum absolute atomic E-state index is 0.0780. The highest BCUT2D eigenvalue weighted by Gasteiger charge is 2.18. The molecule has 2 aromatic heterocycles. The van der Waals surface area contributed by atoms with Gasteiger partial charge in [-0.3, -0.25) is 9.78 Å². The lowest BCUT2D eigenvalue weighted by molar-refractivity contribution is 0.102. The van der Waals surface area contributed by atoms with Crippen LogP contribution in [0.1, 0.15) is 21.6 Å². The number of hydrogen-bond donors (Lipinski definition) is 2. The molecule has 0 aliphatic carbocycles. The van der Waals surface area contributed by atoms with E-state index in [9.17, 15) is 9.90 Å². The van der Waals surface area contributed by atoms with Crippen LogP contribution in [-0.4, -0.2) is 30.2 Å². The number of amides is 1. The van der Waals surface area contributed by atoms with Crippen molar-refractivity contribution in [1.29, 1.82) is 0 Å². The molecule has 0 unspecified atom stereocenters. The number of aliphatic hydroxyl groups is 1. The number of nitrogens with one attached hydrogen (secondary N) is 1. The van der Waals surface area contributed by atoms with Crippen molar-refractivity contribution in [2.24, 2.45) is 4.99 Å². The third-order valence-electron chi connectivity index (χ3n) is 6.17. The molecule has 9 heteroatoms. The van der Waals surface area contributed by atoms with Gasteiger partial charge in [-0.25, -0.2) is 4.99 Å². The van der Waals surface area contributed by atoms with Gasteiger partial charge in [-0.15, -0.1) is 0 Å². The monoisotopic (exact) mass is 537 g/mol. The molecule has 9 nitrogen and oxygen atoms in total. The van der Waals surface area contributed by atoms with Crippen molar-refractivity contribution in [2.45, 2.75) is 13.5 Å². The quantitative estimate of drug-likeness (QED) is 0.252. The summed E-state index contributed by atoms with van der Waals surface area (Å²) in [5.74, 6) is 1.89. The van der Waals surface area contributed by atoms with Gasteiger partial charge < -0.3 is 29.1 Å². The molecule has 0 fully saturated rings. The van der Waals surface area contributed by atoms with E-state index in [4.69, 9.17) is 18.6 Å². The Hall–Kier alpha value is -5.15. The van der Waals surface area contributed by atoms with Crippen LogP contribution in [0, 0.1) is 6.92 Å². The maximum absolute atomic E-state index is 13.6. The minimum Gasteiger partial charge on any atom is -0.497 e. The van der Waals surface area contributed by atoms with E-state index in [1.807, 2.05) is 30.3 Å². The van der Waals surface area contributed by atoms with E-state index in [0.29, 0.717) is 56.6 Å². The Bertz CT molecular complexity index is 1730. The van der Waals surface area contributed by atoms with Gasteiger partial charge in [0.15, 0.2) is 5.58 Å². The number of carbonyl (C=O) groups is 1. The summed E-state index contributed by atoms with van der Waals surface area (Å²) in [6.07, 6.45) is 1.56. The number of ether oxygens (including phenoxy) is 3. The maximum atomic E-state index is 13.6. The predicted molar refractivity (Wildman–Crippen MR) is 150 cm³/mol. The zero-order valence-electron chi connectivity index (χ0n) is 22.2. The molecular formula is C31H27N3O6. The first-order valence-electron chi connectivity index (χ1n) is 12.4. The zero-order valence-corrected chi connectivity index (χ0v) is 22.2. The van der Waals surface area contributed by atoms with Crippen molar-refractivity contribution in [3.63, 3.8) is 0 Å². The van der Waals surface area contributed by atoms with Crippen LogP contribution in [0.4, 0.5) is 11.4 Å². The molecule has 2 N–H and O–H groups in total. The smallest absolute Gasteiger partial charge is 0.261 e. The average Bonchev–Trinajstić information content (AvgIpc) is 2.99. The molecule has 0 aliphatic rings. The highest BCUT2D eigenvalue weighted by molar-refractivity contribution is 6.06. The van der Waals surface area contributed by atoms with E-state index in [2.05, 4.69) is 15.3 Å². The number of pyridine rings is 1. The second kappa shape index (κ2) is 11.7. The van der Waals surface area contributed by atoms with Gasteiger partial charge in [0.05, 0.1) is 37.9 Å². The van der Waals surface area contributed by atoms with E-state index in [1.54, 1.807) is 68.8 Å². The molecule has 5 aromatic rings. The second-order valence-electron chi connectivity index (χ2n) is 8.78. The van der Waals surface area contributed by atoms with Gasteiger partial charge in [-0.1, -0.05) is 18.2 Å². The van der Waals surface area contributed by atoms with Crippen LogP contribution in [0.5, 0.6) is 23.0 Å². The van der Waals surface area contributed by atoms with Crippen molar-refractivity contribution < 1.29 is 28.5 Å². The molecule has 0 spiro atoms. The summed E-state index contributed by atoms with van der Waals surface area (Å²) in [6.45, 7) is 1.51. The van der Waals surface area contributed by atoms with Crippen LogP contribution < -0.4 is 25.1 Å². The van der Waals surface area contributed by atoms with Crippen molar-refractivity contribution in [3.8, 4) is 23.0 Å². The summed E-state index contributed by atoms with van der Waals surface area (Å²) in [7, 11) is 3.05. The number of aryl methyl sites for hydroxylation is 1. The number of nitrogens with zero attached hydrogens (tertiary/aromatic N) is 2. The largest absolute Gasteiger partial charge is 0.497 e. The summed E-state index contributed by atoms with van der Waals surface area (Å²) >= 11 is 0. The SMILES string of the molecule is COc1ccc(NC(=O)c2cc3c(CO)cnc(C)c3oc2=Nc2ccc(Oc3ccccc3)cc2)c(OC)c1. The summed E-state index contributed by atoms with van der Waals surface area (Å²) in [4.78, 5) is 22.6. The maximum Gasteiger partial charge on any atom is 0.261 e. The lowest BCUT2D eigenvalue weighted by Crippen LogP contribution is -2.22. The fraction of sp³-hybridized carbons (Fsp3) is 0.129. The molecule has 1 amide bonds. The topological polar surface area (TPSA) is 115 Å². The van der Waals surface area contributed by atoms with Gasteiger partial charge in [0.2, 0.25) is 5.55 Å². The summed E-state index contributed by atoms with van der Waals surface area (Å²) < 4.78 is 22.7. The second-order valence-corrected chi connectivity index (χ2v) is 8.78. The molecular weight excluding hydrogens is 510 g/mol. The first-order valence-corrected chi connectivity index (χ1v) is 12.4. The molecule has 5 rings (SSSR count). The first kappa shape index (κ1) is 26.5. The number of benzene rings is 3. The third-order valence-corrected chi connectivity index (χ3v) is 6.17. The van der Waals surface area contributed by atoms with Crippen LogP contribution in [-0.2, 0) is 6.61 Å². The van der Waals surface area contributed by atoms with Gasteiger partial charge in [0.25, 0.3) is 5.91 Å². The Morgan fingerprint density at radius 1 is 0.950 bits per heavy atom. The number of aromatic nitrogens is 1. The van der Waals surface area contributed by atoms with E-state index in [-0.39, 0.29) is 17.7 Å². The molecule has 0 aliphatic heterocycles. The van der Waals surface area contributed by atoms with Gasteiger partial charge in [0.1, 0.15) is 28.6 Å². The van der Waals surface area contributed by atoms with E-state index in [1.165, 1.54) is 7.11 Å². The Kier molecular flexibility index (Phi) is 7.75. The van der Waals surface area contributed by atoms with Crippen LogP contribution >= 0.6 is 0 Å². The first-order chi connectivity index (χ1) is 19.5. The number of anilines is 1. The molecule has 0 radical (unpaired) electrons. The molecule has 40 heavy (non-hydrogen) atoms. The van der Waals surface area contributed by atoms with Crippen molar-refractivity contribution in [1.82, 2.24) is 4.98 Å². The normalized spacial score (nSPS) is 11.3. The molecule has 202 valence electrons. The number of aliphatic hydroxyl groups excluding tert-OH is 1. The van der Waals surface area contributed by atoms with Gasteiger partial charge in [-0.2, -0.15) is 0 Å². The summed E-state index contributed by atoms with van der Waals surface area (Å²) in [5, 5.41) is 13.3. The third kappa shape index (κ3) is 5.64. The van der Waals surface area contributed by atoms with E-state index in [0.717, 1.165) is 0 Å². The minimum atomic E-state index is -0.477. The van der Waals surface area contributed by atoms with Gasteiger partial charge in [0, 0.05) is 23.2 Å². The zero-order chi connectivity index (χ0) is 28.1. The predicted octanol–water partition coefficient (Wildman–Crippen LogP) is 5.92. The molecule has 0 saturated heterocycles. The van der Waals surface area contributed by atoms with Crippen molar-refractivity contribution in [3.05, 3.63) is 107 Å².